The summed E-state index contributed by atoms with van der Waals surface area (Å²) in [5.74, 6) is -0.243. The highest BCUT2D eigenvalue weighted by Gasteiger charge is 2.37. The summed E-state index contributed by atoms with van der Waals surface area (Å²) in [6.07, 6.45) is 6.06. The maximum absolute atomic E-state index is 13.1. The normalized spacial score (nSPS) is 22.0. The number of nitrogens with two attached hydrogens (primary N) is 1. The largest absolute Gasteiger partial charge is 0.324 e. The Kier molecular flexibility index (Phi) is 6.28. The zero-order chi connectivity index (χ0) is 24.6. The van der Waals surface area contributed by atoms with Gasteiger partial charge in [0.05, 0.1) is 6.04 Å². The Hall–Kier alpha value is -3.32. The Morgan fingerprint density at radius 2 is 1.69 bits per heavy atom. The fourth-order valence-corrected chi connectivity index (χ4v) is 5.38. The van der Waals surface area contributed by atoms with E-state index in [-0.39, 0.29) is 28.9 Å². The molecule has 182 valence electrons. The predicted octanol–water partition coefficient (Wildman–Crippen LogP) is 4.09. The molecule has 0 spiro atoms. The summed E-state index contributed by atoms with van der Waals surface area (Å²) in [6.45, 7) is 0.301. The number of nitrogens with zero attached hydrogens (tertiary/aromatic N) is 1. The molecule has 1 aliphatic heterocycles. The summed E-state index contributed by atoms with van der Waals surface area (Å²) in [5.41, 5.74) is 9.61. The maximum atomic E-state index is 13.1. The van der Waals surface area contributed by atoms with Crippen LogP contribution in [0.15, 0.2) is 42.5 Å². The summed E-state index contributed by atoms with van der Waals surface area (Å²) in [6, 6.07) is 12.1. The van der Waals surface area contributed by atoms with Crippen molar-refractivity contribution in [3.8, 4) is 0 Å². The van der Waals surface area contributed by atoms with Crippen molar-refractivity contribution in [1.82, 2.24) is 4.90 Å². The minimum atomic E-state index is -0.574. The third-order valence-electron chi connectivity index (χ3n) is 7.74. The third-order valence-corrected chi connectivity index (χ3v) is 7.74. The first-order valence-electron chi connectivity index (χ1n) is 12.5. The molecule has 2 aromatic carbocycles. The Morgan fingerprint density at radius 3 is 2.40 bits per heavy atom. The third kappa shape index (κ3) is 4.65. The monoisotopic (exact) mass is 473 g/mol. The molecule has 0 aromatic heterocycles. The van der Waals surface area contributed by atoms with Gasteiger partial charge >= 0.3 is 0 Å². The highest BCUT2D eigenvalue weighted by atomic mass is 16.2. The Labute approximate surface area is 205 Å². The van der Waals surface area contributed by atoms with E-state index in [4.69, 9.17) is 5.73 Å². The fourth-order valence-electron chi connectivity index (χ4n) is 5.38. The number of nitrogens with one attached hydrogen (secondary N) is 1. The summed E-state index contributed by atoms with van der Waals surface area (Å²) < 4.78 is 0. The zero-order valence-electron chi connectivity index (χ0n) is 19.8. The van der Waals surface area contributed by atoms with Crippen molar-refractivity contribution >= 4 is 29.1 Å². The second kappa shape index (κ2) is 9.38. The number of carbonyl (C=O) groups excluding carboxylic acids is 4. The average molecular weight is 474 g/mol. The van der Waals surface area contributed by atoms with Gasteiger partial charge in [-0.1, -0.05) is 12.1 Å². The van der Waals surface area contributed by atoms with Crippen LogP contribution in [-0.4, -0.2) is 34.3 Å². The predicted molar refractivity (Wildman–Crippen MR) is 132 cm³/mol. The van der Waals surface area contributed by atoms with E-state index in [9.17, 15) is 19.2 Å². The number of anilines is 1. The molecule has 7 heteroatoms. The lowest BCUT2D eigenvalue weighted by atomic mass is 9.73. The van der Waals surface area contributed by atoms with Gasteiger partial charge < -0.3 is 16.0 Å². The highest BCUT2D eigenvalue weighted by Crippen LogP contribution is 2.38. The van der Waals surface area contributed by atoms with Gasteiger partial charge in [-0.2, -0.15) is 0 Å². The number of Topliss-reactive ketones (excluding diaryl/α,β-unsaturated/α-hetero) is 2. The molecule has 2 aliphatic carbocycles. The van der Waals surface area contributed by atoms with E-state index in [1.807, 2.05) is 12.1 Å². The van der Waals surface area contributed by atoms with E-state index in [2.05, 4.69) is 5.32 Å². The molecular weight excluding hydrogens is 442 g/mol. The van der Waals surface area contributed by atoms with Crippen molar-refractivity contribution in [3.05, 3.63) is 64.7 Å². The van der Waals surface area contributed by atoms with Gasteiger partial charge in [0.15, 0.2) is 5.78 Å². The van der Waals surface area contributed by atoms with Crippen LogP contribution in [0.3, 0.4) is 0 Å². The van der Waals surface area contributed by atoms with Crippen LogP contribution >= 0.6 is 0 Å². The van der Waals surface area contributed by atoms with E-state index in [0.29, 0.717) is 55.5 Å². The molecule has 3 aliphatic rings. The molecule has 1 unspecified atom stereocenters. The molecule has 0 radical (unpaired) electrons. The number of hydrogen-bond donors (Lipinski definition) is 2. The van der Waals surface area contributed by atoms with E-state index in [1.165, 1.54) is 0 Å². The fraction of sp³-hybridized carbons (Fsp3) is 0.429. The molecule has 2 saturated carbocycles. The summed E-state index contributed by atoms with van der Waals surface area (Å²) in [4.78, 5) is 52.4. The van der Waals surface area contributed by atoms with Crippen molar-refractivity contribution < 1.29 is 19.2 Å². The van der Waals surface area contributed by atoms with E-state index >= 15 is 0 Å². The lowest BCUT2D eigenvalue weighted by Gasteiger charge is -2.38. The highest BCUT2D eigenvalue weighted by molar-refractivity contribution is 6.05. The van der Waals surface area contributed by atoms with Crippen LogP contribution in [0, 0.1) is 0 Å². The van der Waals surface area contributed by atoms with Crippen molar-refractivity contribution in [1.29, 1.82) is 0 Å². The summed E-state index contributed by atoms with van der Waals surface area (Å²) >= 11 is 0. The zero-order valence-corrected chi connectivity index (χ0v) is 19.8. The van der Waals surface area contributed by atoms with Gasteiger partial charge in [0.1, 0.15) is 5.78 Å². The second-order valence-corrected chi connectivity index (χ2v) is 10.1. The number of ketones is 2. The number of hydrogen-bond acceptors (Lipinski definition) is 5. The minimum Gasteiger partial charge on any atom is -0.324 e. The van der Waals surface area contributed by atoms with Crippen LogP contribution in [0.5, 0.6) is 0 Å². The van der Waals surface area contributed by atoms with Crippen LogP contribution in [-0.2, 0) is 21.7 Å². The second-order valence-electron chi connectivity index (χ2n) is 10.1. The van der Waals surface area contributed by atoms with E-state index < -0.39 is 6.04 Å². The van der Waals surface area contributed by atoms with Crippen molar-refractivity contribution in [2.75, 3.05) is 5.32 Å². The summed E-state index contributed by atoms with van der Waals surface area (Å²) in [7, 11) is 0. The first-order chi connectivity index (χ1) is 16.8. The van der Waals surface area contributed by atoms with Crippen LogP contribution in [0.2, 0.25) is 0 Å². The molecule has 2 amide bonds. The minimum absolute atomic E-state index is 0.0268. The molecule has 2 aromatic rings. The first-order valence-corrected chi connectivity index (χ1v) is 12.5. The number of carbonyl (C=O) groups is 4. The van der Waals surface area contributed by atoms with Gasteiger partial charge in [-0.25, -0.2) is 0 Å². The quantitative estimate of drug-likeness (QED) is 0.695. The lowest BCUT2D eigenvalue weighted by Crippen LogP contribution is -2.43. The Morgan fingerprint density at radius 1 is 0.943 bits per heavy atom. The van der Waals surface area contributed by atoms with Gasteiger partial charge in [0.2, 0.25) is 0 Å². The standard InChI is InChI=1S/C28H31N3O4/c29-28(14-3-15-28)20-8-6-18(7-9-20)26(34)30-21-10-12-23-19(16-21)17-31(27(23)35)24-13-11-22(32)4-1-2-5-25(24)33/h6-10,12,16,24H,1-5,11,13-15,17,29H2,(H,30,34). The lowest BCUT2D eigenvalue weighted by molar-refractivity contribution is -0.124. The number of rotatable bonds is 4. The molecule has 0 saturated heterocycles. The molecule has 3 N–H and O–H groups in total. The summed E-state index contributed by atoms with van der Waals surface area (Å²) in [5, 5.41) is 2.91. The SMILES string of the molecule is NC1(c2ccc(C(=O)Nc3ccc4c(c3)CN(C3CCC(=O)CCCCC3=O)C4=O)cc2)CCC1. The van der Waals surface area contributed by atoms with Crippen LogP contribution in [0.1, 0.15) is 89.6 Å². The van der Waals surface area contributed by atoms with Crippen molar-refractivity contribution in [2.45, 2.75) is 75.9 Å². The molecule has 0 bridgehead atoms. The van der Waals surface area contributed by atoms with Crippen LogP contribution < -0.4 is 11.1 Å². The van der Waals surface area contributed by atoms with Gasteiger partial charge in [-0.3, -0.25) is 19.2 Å². The van der Waals surface area contributed by atoms with E-state index in [1.54, 1.807) is 35.2 Å². The van der Waals surface area contributed by atoms with Gasteiger partial charge in [-0.05, 0) is 80.0 Å². The molecule has 5 rings (SSSR count). The molecule has 1 heterocycles. The number of fused-ring (bicyclic) bond motifs is 1. The Bertz CT molecular complexity index is 1180. The Balaban J connectivity index is 1.28. The molecule has 2 fully saturated rings. The van der Waals surface area contributed by atoms with Gasteiger partial charge in [-0.15, -0.1) is 0 Å². The molecular formula is C28H31N3O4. The van der Waals surface area contributed by atoms with Gasteiger partial charge in [0.25, 0.3) is 11.8 Å². The molecule has 7 nitrogen and oxygen atoms in total. The van der Waals surface area contributed by atoms with E-state index in [0.717, 1.165) is 36.8 Å². The number of benzene rings is 2. The molecule has 1 atom stereocenters. The van der Waals surface area contributed by atoms with Crippen LogP contribution in [0.25, 0.3) is 0 Å². The van der Waals surface area contributed by atoms with Gasteiger partial charge in [0, 0.05) is 48.2 Å². The smallest absolute Gasteiger partial charge is 0.255 e. The van der Waals surface area contributed by atoms with Crippen LogP contribution in [0.4, 0.5) is 5.69 Å². The maximum Gasteiger partial charge on any atom is 0.255 e. The molecule has 35 heavy (non-hydrogen) atoms. The number of amides is 2. The average Bonchev–Trinajstić information content (AvgIpc) is 3.18. The topological polar surface area (TPSA) is 110 Å². The van der Waals surface area contributed by atoms with Crippen molar-refractivity contribution in [2.24, 2.45) is 5.73 Å². The van der Waals surface area contributed by atoms with Crippen molar-refractivity contribution in [3.63, 3.8) is 0 Å². The first kappa shape index (κ1) is 23.4.